The van der Waals surface area contributed by atoms with Crippen LogP contribution < -0.4 is 9.86 Å². The molecular formula is C10H18N2O5S3. The first-order valence-electron chi connectivity index (χ1n) is 5.80. The Morgan fingerprint density at radius 2 is 1.95 bits per heavy atom. The predicted molar refractivity (Wildman–Crippen MR) is 77.4 cm³/mol. The molecule has 0 saturated carbocycles. The molecule has 1 aromatic heterocycles. The topological polar surface area (TPSA) is 116 Å². The second kappa shape index (κ2) is 6.96. The first-order chi connectivity index (χ1) is 9.10. The van der Waals surface area contributed by atoms with Crippen molar-refractivity contribution in [2.45, 2.75) is 30.7 Å². The first-order valence-corrected chi connectivity index (χ1v) is 9.82. The highest BCUT2D eigenvalue weighted by atomic mass is 32.2. The van der Waals surface area contributed by atoms with E-state index >= 15 is 0 Å². The lowest BCUT2D eigenvalue weighted by atomic mass is 10.5. The van der Waals surface area contributed by atoms with Crippen LogP contribution in [0.3, 0.4) is 0 Å². The molecule has 0 aliphatic carbocycles. The summed E-state index contributed by atoms with van der Waals surface area (Å²) in [6.07, 6.45) is -0.0279. The normalized spacial score (nSPS) is 13.0. The van der Waals surface area contributed by atoms with Crippen LogP contribution in [0.25, 0.3) is 0 Å². The fraction of sp³-hybridized carbons (Fsp3) is 0.600. The van der Waals surface area contributed by atoms with Gasteiger partial charge in [0.2, 0.25) is 20.0 Å². The van der Waals surface area contributed by atoms with Gasteiger partial charge in [-0.15, -0.1) is 11.3 Å². The molecule has 0 spiro atoms. The molecule has 116 valence electrons. The van der Waals surface area contributed by atoms with Crippen molar-refractivity contribution in [2.75, 3.05) is 12.4 Å². The number of rotatable bonds is 8. The highest BCUT2D eigenvalue weighted by Crippen LogP contribution is 2.20. The maximum Gasteiger partial charge on any atom is 0.247 e. The minimum absolute atomic E-state index is 0.00911. The molecule has 0 atom stereocenters. The summed E-state index contributed by atoms with van der Waals surface area (Å²) in [7, 11) is -7.19. The fourth-order valence-corrected chi connectivity index (χ4v) is 3.90. The van der Waals surface area contributed by atoms with E-state index in [9.17, 15) is 16.8 Å². The van der Waals surface area contributed by atoms with E-state index in [-0.39, 0.29) is 29.2 Å². The predicted octanol–water partition coefficient (Wildman–Crippen LogP) is 0.240. The van der Waals surface area contributed by atoms with Gasteiger partial charge in [-0.05, 0) is 26.0 Å². The summed E-state index contributed by atoms with van der Waals surface area (Å²) < 4.78 is 53.0. The summed E-state index contributed by atoms with van der Waals surface area (Å²) in [5.41, 5.74) is 0. The van der Waals surface area contributed by atoms with Gasteiger partial charge in [-0.3, -0.25) is 0 Å². The van der Waals surface area contributed by atoms with E-state index in [4.69, 9.17) is 9.88 Å². The van der Waals surface area contributed by atoms with E-state index in [0.29, 0.717) is 4.88 Å². The minimum Gasteiger partial charge on any atom is -0.378 e. The third kappa shape index (κ3) is 6.29. The summed E-state index contributed by atoms with van der Waals surface area (Å²) in [6, 6.07) is 2.88. The standard InChI is InChI=1S/C10H18N2O5S3/c1-8(2)17-5-6-19(13,14)12-7-9-3-4-10(18-9)20(11,15)16/h3-4,8,12H,5-7H2,1-2H3,(H2,11,15,16). The van der Waals surface area contributed by atoms with Crippen LogP contribution in [-0.4, -0.2) is 35.3 Å². The fourth-order valence-electron chi connectivity index (χ4n) is 1.25. The minimum atomic E-state index is -3.74. The number of sulfonamides is 2. The SMILES string of the molecule is CC(C)OCCS(=O)(=O)NCc1ccc(S(N)(=O)=O)s1. The lowest BCUT2D eigenvalue weighted by Crippen LogP contribution is -2.28. The van der Waals surface area contributed by atoms with E-state index in [1.165, 1.54) is 12.1 Å². The molecule has 0 aliphatic rings. The van der Waals surface area contributed by atoms with E-state index in [1.54, 1.807) is 0 Å². The average Bonchev–Trinajstić information content (AvgIpc) is 2.73. The number of primary sulfonamides is 1. The molecule has 0 unspecified atom stereocenters. The molecule has 1 aromatic rings. The van der Waals surface area contributed by atoms with E-state index in [1.807, 2.05) is 13.8 Å². The number of hydrogen-bond acceptors (Lipinski definition) is 6. The van der Waals surface area contributed by atoms with Crippen LogP contribution in [0.2, 0.25) is 0 Å². The van der Waals surface area contributed by atoms with Crippen LogP contribution >= 0.6 is 11.3 Å². The number of nitrogens with two attached hydrogens (primary N) is 1. The number of nitrogens with one attached hydrogen (secondary N) is 1. The van der Waals surface area contributed by atoms with Crippen LogP contribution in [-0.2, 0) is 31.3 Å². The monoisotopic (exact) mass is 342 g/mol. The molecule has 0 bridgehead atoms. The van der Waals surface area contributed by atoms with Crippen LogP contribution in [0.4, 0.5) is 0 Å². The van der Waals surface area contributed by atoms with Gasteiger partial charge in [0.25, 0.3) is 0 Å². The van der Waals surface area contributed by atoms with Gasteiger partial charge in [-0.25, -0.2) is 26.7 Å². The molecule has 10 heteroatoms. The molecule has 0 saturated heterocycles. The molecule has 7 nitrogen and oxygen atoms in total. The van der Waals surface area contributed by atoms with Crippen molar-refractivity contribution in [3.8, 4) is 0 Å². The Balaban J connectivity index is 2.52. The zero-order valence-electron chi connectivity index (χ0n) is 11.2. The number of hydrogen-bond donors (Lipinski definition) is 2. The van der Waals surface area contributed by atoms with E-state index in [2.05, 4.69) is 4.72 Å². The molecule has 0 amide bonds. The Kier molecular flexibility index (Phi) is 6.10. The highest BCUT2D eigenvalue weighted by molar-refractivity contribution is 7.91. The second-order valence-electron chi connectivity index (χ2n) is 4.33. The van der Waals surface area contributed by atoms with Crippen LogP contribution in [0.1, 0.15) is 18.7 Å². The highest BCUT2D eigenvalue weighted by Gasteiger charge is 2.14. The van der Waals surface area contributed by atoms with Crippen molar-refractivity contribution in [3.63, 3.8) is 0 Å². The van der Waals surface area contributed by atoms with Gasteiger partial charge in [-0.2, -0.15) is 0 Å². The molecule has 3 N–H and O–H groups in total. The van der Waals surface area contributed by atoms with E-state index < -0.39 is 20.0 Å². The first kappa shape index (κ1) is 17.5. The third-order valence-corrected chi connectivity index (χ3v) is 6.00. The molecule has 20 heavy (non-hydrogen) atoms. The Bertz CT molecular complexity index is 634. The average molecular weight is 342 g/mol. The lowest BCUT2D eigenvalue weighted by molar-refractivity contribution is 0.0911. The van der Waals surface area contributed by atoms with Crippen molar-refractivity contribution < 1.29 is 21.6 Å². The van der Waals surface area contributed by atoms with Gasteiger partial charge in [0.1, 0.15) is 4.21 Å². The molecule has 0 aliphatic heterocycles. The largest absolute Gasteiger partial charge is 0.378 e. The second-order valence-corrected chi connectivity index (χ2v) is 9.21. The van der Waals surface area contributed by atoms with E-state index in [0.717, 1.165) is 11.3 Å². The van der Waals surface area contributed by atoms with Crippen LogP contribution in [0.5, 0.6) is 0 Å². The summed E-state index contributed by atoms with van der Waals surface area (Å²) in [6.45, 7) is 3.78. The molecule has 0 aromatic carbocycles. The van der Waals surface area contributed by atoms with Gasteiger partial charge in [0.05, 0.1) is 18.5 Å². The smallest absolute Gasteiger partial charge is 0.247 e. The Hall–Kier alpha value is -0.520. The maximum absolute atomic E-state index is 11.7. The quantitative estimate of drug-likeness (QED) is 0.702. The van der Waals surface area contributed by atoms with Crippen molar-refractivity contribution in [2.24, 2.45) is 5.14 Å². The molecule has 1 rings (SSSR count). The summed E-state index contributed by atoms with van der Waals surface area (Å²) >= 11 is 0.938. The molecule has 1 heterocycles. The Labute approximate surface area is 123 Å². The van der Waals surface area contributed by atoms with Crippen molar-refractivity contribution >= 4 is 31.4 Å². The summed E-state index contributed by atoms with van der Waals surface area (Å²) in [4.78, 5) is 0.572. The summed E-state index contributed by atoms with van der Waals surface area (Å²) in [5.74, 6) is -0.140. The van der Waals surface area contributed by atoms with Crippen LogP contribution in [0, 0.1) is 0 Å². The van der Waals surface area contributed by atoms with Gasteiger partial charge in [0, 0.05) is 11.4 Å². The van der Waals surface area contributed by atoms with Gasteiger partial charge >= 0.3 is 0 Å². The third-order valence-electron chi connectivity index (χ3n) is 2.19. The lowest BCUT2D eigenvalue weighted by Gasteiger charge is -2.08. The van der Waals surface area contributed by atoms with Crippen LogP contribution in [0.15, 0.2) is 16.3 Å². The Morgan fingerprint density at radius 1 is 1.30 bits per heavy atom. The molecule has 0 radical (unpaired) electrons. The number of ether oxygens (including phenoxy) is 1. The van der Waals surface area contributed by atoms with Crippen molar-refractivity contribution in [3.05, 3.63) is 17.0 Å². The molecule has 0 fully saturated rings. The van der Waals surface area contributed by atoms with Gasteiger partial charge in [-0.1, -0.05) is 0 Å². The summed E-state index contributed by atoms with van der Waals surface area (Å²) in [5, 5.41) is 4.97. The number of thiophene rings is 1. The zero-order valence-corrected chi connectivity index (χ0v) is 13.6. The zero-order chi connectivity index (χ0) is 15.4. The van der Waals surface area contributed by atoms with Crippen molar-refractivity contribution in [1.29, 1.82) is 0 Å². The Morgan fingerprint density at radius 3 is 2.45 bits per heavy atom. The van der Waals surface area contributed by atoms with Crippen molar-refractivity contribution in [1.82, 2.24) is 4.72 Å². The molecular weight excluding hydrogens is 324 g/mol. The maximum atomic E-state index is 11.7. The van der Waals surface area contributed by atoms with Gasteiger partial charge < -0.3 is 4.74 Å². The van der Waals surface area contributed by atoms with Gasteiger partial charge in [0.15, 0.2) is 0 Å².